The van der Waals surface area contributed by atoms with Crippen LogP contribution in [0.2, 0.25) is 0 Å². The summed E-state index contributed by atoms with van der Waals surface area (Å²) < 4.78 is 13.3. The van der Waals surface area contributed by atoms with Crippen LogP contribution in [0.15, 0.2) is 77.2 Å². The Balaban J connectivity index is 1.29. The summed E-state index contributed by atoms with van der Waals surface area (Å²) in [5.74, 6) is 1.70. The number of piperazine rings is 1. The number of rotatable bonds is 7. The molecule has 5 rings (SSSR count). The summed E-state index contributed by atoms with van der Waals surface area (Å²) in [6.07, 6.45) is 4.35. The zero-order valence-corrected chi connectivity index (χ0v) is 20.3. The molecule has 1 saturated heterocycles. The first-order chi connectivity index (χ1) is 17.1. The van der Waals surface area contributed by atoms with Crippen LogP contribution in [0.3, 0.4) is 0 Å². The van der Waals surface area contributed by atoms with Crippen molar-refractivity contribution in [3.63, 3.8) is 0 Å². The molecule has 0 atom stereocenters. The highest BCUT2D eigenvalue weighted by atomic mass is 16.5. The molecule has 0 saturated carbocycles. The number of methoxy groups -OCH3 is 1. The van der Waals surface area contributed by atoms with Crippen molar-refractivity contribution < 1.29 is 13.9 Å². The maximum absolute atomic E-state index is 13.6. The van der Waals surface area contributed by atoms with Gasteiger partial charge in [-0.2, -0.15) is 0 Å². The molecule has 6 heteroatoms. The van der Waals surface area contributed by atoms with Crippen molar-refractivity contribution in [2.24, 2.45) is 0 Å². The normalized spacial score (nSPS) is 14.7. The minimum absolute atomic E-state index is 0.0522. The van der Waals surface area contributed by atoms with Gasteiger partial charge in [0.1, 0.15) is 17.2 Å². The fraction of sp³-hybridized carbons (Fsp3) is 0.276. The predicted molar refractivity (Wildman–Crippen MR) is 139 cm³/mol. The average molecular weight is 470 g/mol. The second-order valence-electron chi connectivity index (χ2n) is 8.98. The number of hydrogen-bond acceptors (Lipinski definition) is 4. The summed E-state index contributed by atoms with van der Waals surface area (Å²) in [6, 6.07) is 22.2. The largest absolute Gasteiger partial charge is 0.497 e. The van der Waals surface area contributed by atoms with Gasteiger partial charge in [-0.25, -0.2) is 0 Å². The van der Waals surface area contributed by atoms with Gasteiger partial charge in [0.25, 0.3) is 5.91 Å². The molecular formula is C29H31N3O3. The van der Waals surface area contributed by atoms with Crippen LogP contribution in [-0.4, -0.2) is 60.1 Å². The molecule has 0 spiro atoms. The fourth-order valence-corrected chi connectivity index (χ4v) is 4.66. The Hall–Kier alpha value is -3.77. The highest BCUT2D eigenvalue weighted by molar-refractivity contribution is 5.97. The van der Waals surface area contributed by atoms with Gasteiger partial charge in [0.15, 0.2) is 5.58 Å². The number of aromatic nitrogens is 1. The number of furan rings is 1. The van der Waals surface area contributed by atoms with Crippen molar-refractivity contribution in [2.45, 2.75) is 13.5 Å². The quantitative estimate of drug-likeness (QED) is 0.379. The Morgan fingerprint density at radius 2 is 1.80 bits per heavy atom. The van der Waals surface area contributed by atoms with E-state index in [-0.39, 0.29) is 5.91 Å². The summed E-state index contributed by atoms with van der Waals surface area (Å²) in [5.41, 5.74) is 4.64. The number of ether oxygens (including phenoxy) is 1. The monoisotopic (exact) mass is 469 g/mol. The van der Waals surface area contributed by atoms with Gasteiger partial charge in [0.05, 0.1) is 12.6 Å². The van der Waals surface area contributed by atoms with Crippen molar-refractivity contribution >= 4 is 23.1 Å². The first-order valence-corrected chi connectivity index (χ1v) is 12.1. The maximum atomic E-state index is 13.6. The molecule has 0 radical (unpaired) electrons. The average Bonchev–Trinajstić information content (AvgIpc) is 3.41. The first kappa shape index (κ1) is 23.0. The lowest BCUT2D eigenvalue weighted by molar-refractivity contribution is 0.0640. The molecule has 0 aliphatic carbocycles. The zero-order chi connectivity index (χ0) is 24.2. The minimum Gasteiger partial charge on any atom is -0.497 e. The van der Waals surface area contributed by atoms with E-state index in [4.69, 9.17) is 9.15 Å². The predicted octanol–water partition coefficient (Wildman–Crippen LogP) is 5.07. The molecule has 1 amide bonds. The Morgan fingerprint density at radius 1 is 1.00 bits per heavy atom. The van der Waals surface area contributed by atoms with E-state index in [1.807, 2.05) is 60.4 Å². The number of fused-ring (bicyclic) bond motifs is 1. The highest BCUT2D eigenvalue weighted by Gasteiger charge is 2.26. The lowest BCUT2D eigenvalue weighted by Gasteiger charge is -2.34. The molecule has 3 heterocycles. The van der Waals surface area contributed by atoms with Crippen molar-refractivity contribution in [2.75, 3.05) is 39.8 Å². The van der Waals surface area contributed by atoms with Crippen molar-refractivity contribution in [3.05, 3.63) is 95.4 Å². The van der Waals surface area contributed by atoms with Gasteiger partial charge >= 0.3 is 0 Å². The maximum Gasteiger partial charge on any atom is 0.270 e. The van der Waals surface area contributed by atoms with E-state index in [0.29, 0.717) is 25.3 Å². The van der Waals surface area contributed by atoms with Gasteiger partial charge in [0, 0.05) is 51.4 Å². The van der Waals surface area contributed by atoms with Crippen LogP contribution in [0.4, 0.5) is 0 Å². The van der Waals surface area contributed by atoms with Crippen molar-refractivity contribution in [3.8, 4) is 5.75 Å². The van der Waals surface area contributed by atoms with Gasteiger partial charge < -0.3 is 18.6 Å². The van der Waals surface area contributed by atoms with Gasteiger partial charge in [-0.1, -0.05) is 54.6 Å². The number of aryl methyl sites for hydroxylation is 1. The number of carbonyl (C=O) groups excluding carboxylic acids is 1. The molecule has 2 aromatic heterocycles. The SMILES string of the molecule is COc1cccc(Cn2c(C(=O)N3CCN(C/C=C/c4ccccc4)CC3)cc3oc(C)cc32)c1. The van der Waals surface area contributed by atoms with Gasteiger partial charge in [-0.05, 0) is 30.2 Å². The van der Waals surface area contributed by atoms with Crippen molar-refractivity contribution in [1.82, 2.24) is 14.4 Å². The molecule has 1 fully saturated rings. The fourth-order valence-electron chi connectivity index (χ4n) is 4.66. The highest BCUT2D eigenvalue weighted by Crippen LogP contribution is 2.27. The number of carbonyl (C=O) groups is 1. The zero-order valence-electron chi connectivity index (χ0n) is 20.3. The third-order valence-corrected chi connectivity index (χ3v) is 6.54. The van der Waals surface area contributed by atoms with Crippen LogP contribution >= 0.6 is 0 Å². The number of hydrogen-bond donors (Lipinski definition) is 0. The molecule has 0 bridgehead atoms. The molecule has 1 aliphatic heterocycles. The Kier molecular flexibility index (Phi) is 6.73. The number of amides is 1. The van der Waals surface area contributed by atoms with Crippen molar-refractivity contribution in [1.29, 1.82) is 0 Å². The first-order valence-electron chi connectivity index (χ1n) is 12.1. The smallest absolute Gasteiger partial charge is 0.270 e. The molecule has 1 aliphatic rings. The van der Waals surface area contributed by atoms with Crippen LogP contribution in [0.1, 0.15) is 27.4 Å². The third-order valence-electron chi connectivity index (χ3n) is 6.54. The third kappa shape index (κ3) is 5.17. The molecule has 4 aromatic rings. The van der Waals surface area contributed by atoms with E-state index >= 15 is 0 Å². The number of nitrogens with zero attached hydrogens (tertiary/aromatic N) is 3. The molecule has 35 heavy (non-hydrogen) atoms. The Labute approximate surface area is 206 Å². The summed E-state index contributed by atoms with van der Waals surface area (Å²) in [4.78, 5) is 17.9. The summed E-state index contributed by atoms with van der Waals surface area (Å²) in [7, 11) is 1.67. The van der Waals surface area contributed by atoms with E-state index in [2.05, 4.69) is 39.8 Å². The van der Waals surface area contributed by atoms with Crippen LogP contribution in [0.25, 0.3) is 17.2 Å². The second-order valence-corrected chi connectivity index (χ2v) is 8.98. The van der Waals surface area contributed by atoms with E-state index < -0.39 is 0 Å². The van der Waals surface area contributed by atoms with Crippen LogP contribution in [-0.2, 0) is 6.54 Å². The van der Waals surface area contributed by atoms with E-state index in [1.54, 1.807) is 7.11 Å². The Morgan fingerprint density at radius 3 is 2.57 bits per heavy atom. The molecule has 2 aromatic carbocycles. The lowest BCUT2D eigenvalue weighted by atomic mass is 10.2. The minimum atomic E-state index is 0.0522. The summed E-state index contributed by atoms with van der Waals surface area (Å²) >= 11 is 0. The molecule has 6 nitrogen and oxygen atoms in total. The van der Waals surface area contributed by atoms with Gasteiger partial charge in [0.2, 0.25) is 0 Å². The van der Waals surface area contributed by atoms with E-state index in [1.165, 1.54) is 5.56 Å². The topological polar surface area (TPSA) is 50.9 Å². The second kappa shape index (κ2) is 10.2. The van der Waals surface area contributed by atoms with Gasteiger partial charge in [-0.3, -0.25) is 9.69 Å². The van der Waals surface area contributed by atoms with Crippen LogP contribution in [0, 0.1) is 6.92 Å². The summed E-state index contributed by atoms with van der Waals surface area (Å²) in [6.45, 7) is 6.53. The Bertz CT molecular complexity index is 1330. The standard InChI is InChI=1S/C29H31N3O3/c1-22-18-26-28(35-22)20-27(32(26)21-24-10-6-12-25(19-24)34-2)29(33)31-16-14-30(15-17-31)13-7-11-23-8-4-3-5-9-23/h3-12,18-20H,13-17,21H2,1-2H3/b11-7+. The summed E-state index contributed by atoms with van der Waals surface area (Å²) in [5, 5.41) is 0. The van der Waals surface area contributed by atoms with E-state index in [0.717, 1.165) is 47.8 Å². The lowest BCUT2D eigenvalue weighted by Crippen LogP contribution is -2.49. The molecular weight excluding hydrogens is 438 g/mol. The number of benzene rings is 2. The van der Waals surface area contributed by atoms with Crippen LogP contribution < -0.4 is 4.74 Å². The molecule has 0 N–H and O–H groups in total. The van der Waals surface area contributed by atoms with Gasteiger partial charge in [-0.15, -0.1) is 0 Å². The molecule has 180 valence electrons. The van der Waals surface area contributed by atoms with E-state index in [9.17, 15) is 4.79 Å². The van der Waals surface area contributed by atoms with Crippen LogP contribution in [0.5, 0.6) is 5.75 Å². The molecule has 0 unspecified atom stereocenters.